The molecule has 1 aliphatic carbocycles. The van der Waals surface area contributed by atoms with Crippen molar-refractivity contribution >= 4 is 23.3 Å². The Kier molecular flexibility index (Phi) is 4.98. The van der Waals surface area contributed by atoms with Gasteiger partial charge in [0, 0.05) is 10.8 Å². The number of esters is 1. The SMILES string of the molecule is NC(c1cccs1)[C@@H](C(=O)O)C(=O)OCC1c2ccccc2-c2ccccc21. The van der Waals surface area contributed by atoms with E-state index in [2.05, 4.69) is 0 Å². The third kappa shape index (κ3) is 3.21. The van der Waals surface area contributed by atoms with E-state index in [0.717, 1.165) is 22.3 Å². The fourth-order valence-corrected chi connectivity index (χ4v) is 4.51. The van der Waals surface area contributed by atoms with E-state index >= 15 is 0 Å². The van der Waals surface area contributed by atoms with Crippen molar-refractivity contribution in [2.75, 3.05) is 6.61 Å². The summed E-state index contributed by atoms with van der Waals surface area (Å²) in [5, 5.41) is 11.3. The summed E-state index contributed by atoms with van der Waals surface area (Å²) in [6.45, 7) is 0.0772. The van der Waals surface area contributed by atoms with E-state index < -0.39 is 23.9 Å². The van der Waals surface area contributed by atoms with Crippen LogP contribution in [0.15, 0.2) is 66.0 Å². The molecular weight excluding hydrogens is 374 g/mol. The summed E-state index contributed by atoms with van der Waals surface area (Å²) in [6, 6.07) is 18.5. The lowest BCUT2D eigenvalue weighted by Gasteiger charge is -2.20. The Morgan fingerprint density at radius 3 is 2.14 bits per heavy atom. The van der Waals surface area contributed by atoms with Crippen LogP contribution in [0.1, 0.15) is 28.0 Å². The van der Waals surface area contributed by atoms with E-state index in [1.807, 2.05) is 48.5 Å². The highest BCUT2D eigenvalue weighted by Gasteiger charge is 2.37. The highest BCUT2D eigenvalue weighted by molar-refractivity contribution is 7.10. The molecule has 0 fully saturated rings. The highest BCUT2D eigenvalue weighted by atomic mass is 32.1. The monoisotopic (exact) mass is 393 g/mol. The summed E-state index contributed by atoms with van der Waals surface area (Å²) in [7, 11) is 0. The third-order valence-corrected chi connectivity index (χ3v) is 6.08. The molecule has 142 valence electrons. The van der Waals surface area contributed by atoms with E-state index in [1.54, 1.807) is 17.5 Å². The molecule has 4 rings (SSSR count). The van der Waals surface area contributed by atoms with Crippen LogP contribution in [0.4, 0.5) is 0 Å². The average Bonchev–Trinajstić information content (AvgIpc) is 3.33. The highest BCUT2D eigenvalue weighted by Crippen LogP contribution is 2.44. The zero-order valence-electron chi connectivity index (χ0n) is 14.9. The summed E-state index contributed by atoms with van der Waals surface area (Å²) < 4.78 is 5.49. The van der Waals surface area contributed by atoms with Gasteiger partial charge in [-0.1, -0.05) is 54.6 Å². The first-order valence-corrected chi connectivity index (χ1v) is 9.82. The Hall–Kier alpha value is -2.96. The van der Waals surface area contributed by atoms with Crippen molar-refractivity contribution in [2.24, 2.45) is 11.7 Å². The molecule has 3 aromatic rings. The van der Waals surface area contributed by atoms with Crippen molar-refractivity contribution in [2.45, 2.75) is 12.0 Å². The molecule has 2 atom stereocenters. The molecule has 0 bridgehead atoms. The maximum Gasteiger partial charge on any atom is 0.322 e. The summed E-state index contributed by atoms with van der Waals surface area (Å²) in [5.41, 5.74) is 10.4. The van der Waals surface area contributed by atoms with Gasteiger partial charge in [-0.05, 0) is 33.7 Å². The summed E-state index contributed by atoms with van der Waals surface area (Å²) in [4.78, 5) is 25.0. The van der Waals surface area contributed by atoms with Crippen LogP contribution in [0.5, 0.6) is 0 Å². The Bertz CT molecular complexity index is 969. The van der Waals surface area contributed by atoms with E-state index in [4.69, 9.17) is 10.5 Å². The number of rotatable bonds is 6. The number of carboxylic acids is 1. The molecule has 1 heterocycles. The van der Waals surface area contributed by atoms with Crippen molar-refractivity contribution < 1.29 is 19.4 Å². The molecule has 0 amide bonds. The van der Waals surface area contributed by atoms with Crippen LogP contribution in [-0.2, 0) is 14.3 Å². The largest absolute Gasteiger partial charge is 0.481 e. The Labute approximate surface area is 166 Å². The lowest BCUT2D eigenvalue weighted by atomic mass is 9.97. The minimum atomic E-state index is -1.44. The number of benzene rings is 2. The zero-order chi connectivity index (χ0) is 19.7. The number of hydrogen-bond acceptors (Lipinski definition) is 5. The topological polar surface area (TPSA) is 89.6 Å². The van der Waals surface area contributed by atoms with Gasteiger partial charge in [0.15, 0.2) is 5.92 Å². The lowest BCUT2D eigenvalue weighted by molar-refractivity contribution is -0.159. The Morgan fingerprint density at radius 1 is 1.00 bits per heavy atom. The zero-order valence-corrected chi connectivity index (χ0v) is 15.8. The second-order valence-electron chi connectivity index (χ2n) is 6.71. The standard InChI is InChI=1S/C22H19NO4S/c23-20(18-10-5-11-28-18)19(21(24)25)22(26)27-12-17-15-8-3-1-6-13(15)14-7-2-4-9-16(14)17/h1-11,17,19-20H,12,23H2,(H,24,25)/t19-,20?/m0/s1. The molecule has 0 saturated carbocycles. The fourth-order valence-electron chi connectivity index (χ4n) is 3.74. The summed E-state index contributed by atoms with van der Waals surface area (Å²) in [5.74, 6) is -3.65. The van der Waals surface area contributed by atoms with Crippen molar-refractivity contribution in [3.63, 3.8) is 0 Å². The smallest absolute Gasteiger partial charge is 0.322 e. The lowest BCUT2D eigenvalue weighted by Crippen LogP contribution is -2.36. The number of nitrogens with two attached hydrogens (primary N) is 1. The number of carbonyl (C=O) groups is 2. The van der Waals surface area contributed by atoms with Gasteiger partial charge < -0.3 is 15.6 Å². The predicted octanol–water partition coefficient (Wildman–Crippen LogP) is 3.80. The van der Waals surface area contributed by atoms with Crippen molar-refractivity contribution in [1.82, 2.24) is 0 Å². The molecule has 5 nitrogen and oxygen atoms in total. The normalized spacial score (nSPS) is 14.8. The molecule has 1 unspecified atom stereocenters. The van der Waals surface area contributed by atoms with E-state index in [-0.39, 0.29) is 12.5 Å². The quantitative estimate of drug-likeness (QED) is 0.491. The molecule has 0 saturated heterocycles. The number of ether oxygens (including phenoxy) is 1. The number of carbonyl (C=O) groups excluding carboxylic acids is 1. The van der Waals surface area contributed by atoms with Crippen LogP contribution < -0.4 is 5.73 Å². The van der Waals surface area contributed by atoms with Crippen molar-refractivity contribution in [3.05, 3.63) is 82.0 Å². The molecule has 6 heteroatoms. The predicted molar refractivity (Wildman–Crippen MR) is 107 cm³/mol. The Morgan fingerprint density at radius 2 is 1.61 bits per heavy atom. The van der Waals surface area contributed by atoms with Crippen LogP contribution in [0.3, 0.4) is 0 Å². The molecule has 0 radical (unpaired) electrons. The Balaban J connectivity index is 1.55. The van der Waals surface area contributed by atoms with Gasteiger partial charge >= 0.3 is 11.9 Å². The van der Waals surface area contributed by atoms with E-state index in [9.17, 15) is 14.7 Å². The third-order valence-electron chi connectivity index (χ3n) is 5.11. The molecule has 2 aromatic carbocycles. The molecule has 0 spiro atoms. The van der Waals surface area contributed by atoms with Crippen LogP contribution >= 0.6 is 11.3 Å². The number of thiophene rings is 1. The van der Waals surface area contributed by atoms with Gasteiger partial charge in [-0.25, -0.2) is 0 Å². The minimum Gasteiger partial charge on any atom is -0.481 e. The first-order valence-electron chi connectivity index (χ1n) is 8.94. The minimum absolute atomic E-state index is 0.0772. The number of hydrogen-bond donors (Lipinski definition) is 2. The first kappa shape index (κ1) is 18.4. The second kappa shape index (κ2) is 7.58. The van der Waals surface area contributed by atoms with Crippen LogP contribution in [0, 0.1) is 5.92 Å². The van der Waals surface area contributed by atoms with Crippen LogP contribution in [-0.4, -0.2) is 23.7 Å². The van der Waals surface area contributed by atoms with Gasteiger partial charge in [0.05, 0.1) is 6.04 Å². The number of aliphatic carboxylic acids is 1. The maximum atomic E-state index is 12.6. The molecule has 0 aliphatic heterocycles. The molecule has 28 heavy (non-hydrogen) atoms. The molecule has 3 N–H and O–H groups in total. The van der Waals surface area contributed by atoms with Crippen LogP contribution in [0.25, 0.3) is 11.1 Å². The van der Waals surface area contributed by atoms with Gasteiger partial charge in [0.2, 0.25) is 0 Å². The molecule has 1 aromatic heterocycles. The van der Waals surface area contributed by atoms with Gasteiger partial charge in [-0.15, -0.1) is 11.3 Å². The van der Waals surface area contributed by atoms with E-state index in [0.29, 0.717) is 4.88 Å². The van der Waals surface area contributed by atoms with Crippen molar-refractivity contribution in [3.8, 4) is 11.1 Å². The van der Waals surface area contributed by atoms with E-state index in [1.165, 1.54) is 11.3 Å². The molecular formula is C22H19NO4S. The van der Waals surface area contributed by atoms with Crippen molar-refractivity contribution in [1.29, 1.82) is 0 Å². The van der Waals surface area contributed by atoms with Crippen LogP contribution in [0.2, 0.25) is 0 Å². The maximum absolute atomic E-state index is 12.6. The van der Waals surface area contributed by atoms with Gasteiger partial charge in [0.1, 0.15) is 6.61 Å². The van der Waals surface area contributed by atoms with Gasteiger partial charge in [0.25, 0.3) is 0 Å². The fraction of sp³-hybridized carbons (Fsp3) is 0.182. The summed E-state index contributed by atoms with van der Waals surface area (Å²) in [6.07, 6.45) is 0. The molecule has 1 aliphatic rings. The van der Waals surface area contributed by atoms with Gasteiger partial charge in [-0.2, -0.15) is 0 Å². The summed E-state index contributed by atoms with van der Waals surface area (Å²) >= 11 is 1.32. The second-order valence-corrected chi connectivity index (χ2v) is 7.69. The average molecular weight is 393 g/mol. The number of carboxylic acid groups (broad SMARTS) is 1. The van der Waals surface area contributed by atoms with Gasteiger partial charge in [-0.3, -0.25) is 9.59 Å². The number of fused-ring (bicyclic) bond motifs is 3. The first-order chi connectivity index (χ1) is 13.6.